The Hall–Kier alpha value is -2.06. The molecule has 0 fully saturated rings. The second-order valence-electron chi connectivity index (χ2n) is 6.48. The molecule has 1 rings (SSSR count). The fourth-order valence-corrected chi connectivity index (χ4v) is 2.80. The Labute approximate surface area is 162 Å². The lowest BCUT2D eigenvalue weighted by Crippen LogP contribution is -1.99. The number of halogens is 1. The highest BCUT2D eigenvalue weighted by Gasteiger charge is 2.06. The van der Waals surface area contributed by atoms with Crippen LogP contribution in [0.15, 0.2) is 47.6 Å². The number of carbonyl (C=O) groups is 1. The van der Waals surface area contributed by atoms with Crippen LogP contribution in [0.25, 0.3) is 6.08 Å². The lowest BCUT2D eigenvalue weighted by molar-refractivity contribution is -0.137. The van der Waals surface area contributed by atoms with Crippen molar-refractivity contribution in [2.24, 2.45) is 0 Å². The molecule has 26 heavy (non-hydrogen) atoms. The predicted octanol–water partition coefficient (Wildman–Crippen LogP) is 6.68. The van der Waals surface area contributed by atoms with Gasteiger partial charge in [0.05, 0.1) is 6.61 Å². The molecule has 0 saturated heterocycles. The normalized spacial score (nSPS) is 13.0. The van der Waals surface area contributed by atoms with Crippen LogP contribution in [-0.4, -0.2) is 12.6 Å². The van der Waals surface area contributed by atoms with E-state index >= 15 is 0 Å². The van der Waals surface area contributed by atoms with Crippen LogP contribution in [0.4, 0.5) is 0 Å². The van der Waals surface area contributed by atoms with Gasteiger partial charge in [-0.1, -0.05) is 53.6 Å². The van der Waals surface area contributed by atoms with E-state index in [0.29, 0.717) is 6.61 Å². The largest absolute Gasteiger partial charge is 0.463 e. The molecule has 0 spiro atoms. The number of hydrogen-bond donors (Lipinski definition) is 0. The van der Waals surface area contributed by atoms with Crippen molar-refractivity contribution in [2.45, 2.75) is 48.0 Å². The molecule has 0 heterocycles. The summed E-state index contributed by atoms with van der Waals surface area (Å²) >= 11 is 6.36. The van der Waals surface area contributed by atoms with Gasteiger partial charge >= 0.3 is 5.97 Å². The van der Waals surface area contributed by atoms with Crippen LogP contribution in [0.1, 0.15) is 49.4 Å². The Kier molecular flexibility index (Phi) is 9.15. The molecule has 2 nitrogen and oxygen atoms in total. The number of aryl methyl sites for hydroxylation is 2. The number of rotatable bonds is 7. The van der Waals surface area contributed by atoms with E-state index in [1.165, 1.54) is 22.8 Å². The summed E-state index contributed by atoms with van der Waals surface area (Å²) < 4.78 is 4.89. The summed E-state index contributed by atoms with van der Waals surface area (Å²) in [7, 11) is 0. The standard InChI is InChI=1S/C23H29ClO2/c1-7-26-22(25)14-17(3)12-8-10-16(2)11-9-13-21-18(4)15-19(5)23(24)20(21)6/h8-10,12-15H,7,11H2,1-6H3/b12-8+,13-9+,16-10+,17-14+. The molecule has 3 heteroatoms. The van der Waals surface area contributed by atoms with Crippen molar-refractivity contribution in [2.75, 3.05) is 6.61 Å². The van der Waals surface area contributed by atoms with Crippen LogP contribution in [0.5, 0.6) is 0 Å². The van der Waals surface area contributed by atoms with Crippen molar-refractivity contribution in [1.82, 2.24) is 0 Å². The van der Waals surface area contributed by atoms with Gasteiger partial charge in [-0.3, -0.25) is 0 Å². The van der Waals surface area contributed by atoms with Gasteiger partial charge in [-0.25, -0.2) is 4.79 Å². The summed E-state index contributed by atoms with van der Waals surface area (Å²) in [6, 6.07) is 2.12. The lowest BCUT2D eigenvalue weighted by Gasteiger charge is -2.10. The van der Waals surface area contributed by atoms with E-state index in [1.807, 2.05) is 26.0 Å². The van der Waals surface area contributed by atoms with Crippen LogP contribution in [0.3, 0.4) is 0 Å². The molecule has 0 N–H and O–H groups in total. The van der Waals surface area contributed by atoms with Gasteiger partial charge in [0, 0.05) is 11.1 Å². The van der Waals surface area contributed by atoms with Gasteiger partial charge in [-0.05, 0) is 75.8 Å². The minimum atomic E-state index is -0.305. The zero-order valence-electron chi connectivity index (χ0n) is 16.7. The topological polar surface area (TPSA) is 26.3 Å². The summed E-state index contributed by atoms with van der Waals surface area (Å²) in [6.45, 7) is 12.4. The summed E-state index contributed by atoms with van der Waals surface area (Å²) in [5.41, 5.74) is 6.77. The molecule has 0 amide bonds. The average Bonchev–Trinajstić information content (AvgIpc) is 2.56. The molecule has 0 saturated carbocycles. The van der Waals surface area contributed by atoms with E-state index in [-0.39, 0.29) is 5.97 Å². The smallest absolute Gasteiger partial charge is 0.330 e. The zero-order chi connectivity index (χ0) is 19.7. The first kappa shape index (κ1) is 22.0. The molecular formula is C23H29ClO2. The fraction of sp³-hybridized carbons (Fsp3) is 0.348. The molecule has 0 aliphatic heterocycles. The molecule has 0 aliphatic carbocycles. The summed E-state index contributed by atoms with van der Waals surface area (Å²) in [5.74, 6) is -0.305. The molecular weight excluding hydrogens is 344 g/mol. The third kappa shape index (κ3) is 7.05. The first-order valence-corrected chi connectivity index (χ1v) is 9.25. The van der Waals surface area contributed by atoms with Crippen molar-refractivity contribution in [3.63, 3.8) is 0 Å². The minimum Gasteiger partial charge on any atom is -0.463 e. The van der Waals surface area contributed by atoms with E-state index in [9.17, 15) is 4.79 Å². The van der Waals surface area contributed by atoms with E-state index in [1.54, 1.807) is 6.92 Å². The molecule has 0 radical (unpaired) electrons. The Morgan fingerprint density at radius 2 is 1.88 bits per heavy atom. The third-order valence-corrected chi connectivity index (χ3v) is 4.62. The first-order chi connectivity index (χ1) is 12.3. The van der Waals surface area contributed by atoms with Crippen molar-refractivity contribution in [3.8, 4) is 0 Å². The van der Waals surface area contributed by atoms with Crippen molar-refractivity contribution in [1.29, 1.82) is 0 Å². The van der Waals surface area contributed by atoms with E-state index in [2.05, 4.69) is 45.1 Å². The number of carbonyl (C=O) groups excluding carboxylic acids is 1. The van der Waals surface area contributed by atoms with Crippen molar-refractivity contribution >= 4 is 23.6 Å². The predicted molar refractivity (Wildman–Crippen MR) is 113 cm³/mol. The number of benzene rings is 1. The number of hydrogen-bond acceptors (Lipinski definition) is 2. The number of ether oxygens (including phenoxy) is 1. The molecule has 0 unspecified atom stereocenters. The molecule has 1 aromatic rings. The van der Waals surface area contributed by atoms with Crippen molar-refractivity contribution in [3.05, 3.63) is 74.9 Å². The summed E-state index contributed by atoms with van der Waals surface area (Å²) in [5, 5.41) is 0.842. The third-order valence-electron chi connectivity index (χ3n) is 4.03. The molecule has 140 valence electrons. The maximum atomic E-state index is 11.4. The average molecular weight is 373 g/mol. The zero-order valence-corrected chi connectivity index (χ0v) is 17.4. The lowest BCUT2D eigenvalue weighted by atomic mass is 9.98. The highest BCUT2D eigenvalue weighted by molar-refractivity contribution is 6.32. The maximum Gasteiger partial charge on any atom is 0.330 e. The maximum absolute atomic E-state index is 11.4. The fourth-order valence-electron chi connectivity index (χ4n) is 2.64. The SMILES string of the molecule is CCOC(=O)/C=C(C)/C=C/C=C(\C)C/C=C/c1c(C)cc(C)c(Cl)c1C. The Morgan fingerprint density at radius 3 is 2.54 bits per heavy atom. The number of esters is 1. The molecule has 0 bridgehead atoms. The molecule has 0 aromatic heterocycles. The van der Waals surface area contributed by atoms with Crippen LogP contribution >= 0.6 is 11.6 Å². The molecule has 0 aliphatic rings. The Morgan fingerprint density at radius 1 is 1.19 bits per heavy atom. The second-order valence-corrected chi connectivity index (χ2v) is 6.86. The van der Waals surface area contributed by atoms with Gasteiger partial charge in [0.15, 0.2) is 0 Å². The van der Waals surface area contributed by atoms with Gasteiger partial charge in [0.1, 0.15) is 0 Å². The Bertz CT molecular complexity index is 765. The van der Waals surface area contributed by atoms with E-state index in [0.717, 1.165) is 28.1 Å². The van der Waals surface area contributed by atoms with E-state index in [4.69, 9.17) is 16.3 Å². The summed E-state index contributed by atoms with van der Waals surface area (Å²) in [6.07, 6.45) is 12.6. The molecule has 0 atom stereocenters. The number of allylic oxidation sites excluding steroid dienone is 6. The highest BCUT2D eigenvalue weighted by Crippen LogP contribution is 2.27. The molecule has 1 aromatic carbocycles. The minimum absolute atomic E-state index is 0.305. The van der Waals surface area contributed by atoms with Crippen LogP contribution in [-0.2, 0) is 9.53 Å². The summed E-state index contributed by atoms with van der Waals surface area (Å²) in [4.78, 5) is 11.4. The monoisotopic (exact) mass is 372 g/mol. The van der Waals surface area contributed by atoms with Gasteiger partial charge in [0.2, 0.25) is 0 Å². The van der Waals surface area contributed by atoms with Gasteiger partial charge in [0.25, 0.3) is 0 Å². The quantitative estimate of drug-likeness (QED) is 0.303. The van der Waals surface area contributed by atoms with Crippen molar-refractivity contribution < 1.29 is 9.53 Å². The Balaban J connectivity index is 2.72. The van der Waals surface area contributed by atoms with Gasteiger partial charge in [-0.2, -0.15) is 0 Å². The van der Waals surface area contributed by atoms with Gasteiger partial charge in [-0.15, -0.1) is 0 Å². The van der Waals surface area contributed by atoms with Crippen LogP contribution < -0.4 is 0 Å². The van der Waals surface area contributed by atoms with Crippen LogP contribution in [0.2, 0.25) is 5.02 Å². The first-order valence-electron chi connectivity index (χ1n) is 8.88. The van der Waals surface area contributed by atoms with Crippen LogP contribution in [0, 0.1) is 20.8 Å². The second kappa shape index (κ2) is 10.8. The van der Waals surface area contributed by atoms with E-state index < -0.39 is 0 Å². The van der Waals surface area contributed by atoms with Gasteiger partial charge < -0.3 is 4.74 Å². The highest BCUT2D eigenvalue weighted by atomic mass is 35.5.